The van der Waals surface area contributed by atoms with Crippen molar-refractivity contribution < 1.29 is 13.2 Å². The minimum Gasteiger partial charge on any atom is -0.381 e. The maximum atomic E-state index is 13.0. The lowest BCUT2D eigenvalue weighted by atomic mass is 9.90. The van der Waals surface area contributed by atoms with E-state index in [9.17, 15) is 8.42 Å². The van der Waals surface area contributed by atoms with E-state index in [0.717, 1.165) is 16.8 Å². The fourth-order valence-corrected chi connectivity index (χ4v) is 4.47. The van der Waals surface area contributed by atoms with Crippen molar-refractivity contribution in [2.24, 2.45) is 0 Å². The van der Waals surface area contributed by atoms with E-state index in [4.69, 9.17) is 4.74 Å². The van der Waals surface area contributed by atoms with E-state index in [-0.39, 0.29) is 4.90 Å². The molecule has 0 atom stereocenters. The molecular formula is C17H23N3O3S. The minimum atomic E-state index is -3.66. The van der Waals surface area contributed by atoms with Gasteiger partial charge in [0.05, 0.1) is 10.4 Å². The normalized spacial score (nSPS) is 17.8. The van der Waals surface area contributed by atoms with Gasteiger partial charge in [0.25, 0.3) is 0 Å². The maximum absolute atomic E-state index is 13.0. The van der Waals surface area contributed by atoms with Crippen LogP contribution in [0.2, 0.25) is 0 Å². The Bertz CT molecular complexity index is 837. The van der Waals surface area contributed by atoms with Gasteiger partial charge in [0.15, 0.2) is 0 Å². The first-order chi connectivity index (χ1) is 11.3. The molecule has 0 aliphatic carbocycles. The van der Waals surface area contributed by atoms with Crippen molar-refractivity contribution in [1.82, 2.24) is 14.7 Å². The molecule has 1 aromatic heterocycles. The number of benzene rings is 1. The second-order valence-electron chi connectivity index (χ2n) is 6.46. The lowest BCUT2D eigenvalue weighted by Gasteiger charge is -2.36. The van der Waals surface area contributed by atoms with Crippen LogP contribution in [0.5, 0.6) is 0 Å². The van der Waals surface area contributed by atoms with Crippen LogP contribution in [0.15, 0.2) is 29.3 Å². The van der Waals surface area contributed by atoms with Gasteiger partial charge in [0, 0.05) is 25.1 Å². The number of imidazole rings is 1. The number of aromatic nitrogens is 2. The highest BCUT2D eigenvalue weighted by Gasteiger charge is 2.41. The Morgan fingerprint density at radius 2 is 1.88 bits per heavy atom. The molecule has 130 valence electrons. The molecule has 0 radical (unpaired) electrons. The van der Waals surface area contributed by atoms with Gasteiger partial charge in [-0.05, 0) is 56.9 Å². The maximum Gasteiger partial charge on any atom is 0.241 e. The monoisotopic (exact) mass is 349 g/mol. The summed E-state index contributed by atoms with van der Waals surface area (Å²) in [5.41, 5.74) is 2.16. The molecule has 0 unspecified atom stereocenters. The lowest BCUT2D eigenvalue weighted by molar-refractivity contribution is 0.0429. The van der Waals surface area contributed by atoms with Crippen molar-refractivity contribution in [3.8, 4) is 0 Å². The van der Waals surface area contributed by atoms with Gasteiger partial charge in [-0.2, -0.15) is 4.72 Å². The van der Waals surface area contributed by atoms with Crippen molar-refractivity contribution in [2.75, 3.05) is 13.2 Å². The summed E-state index contributed by atoms with van der Waals surface area (Å²) in [7, 11) is -3.66. The van der Waals surface area contributed by atoms with E-state index in [2.05, 4.69) is 14.7 Å². The summed E-state index contributed by atoms with van der Waals surface area (Å²) in [6, 6.07) is 5.18. The van der Waals surface area contributed by atoms with Crippen LogP contribution in [0.3, 0.4) is 0 Å². The molecule has 2 aromatic rings. The zero-order valence-corrected chi connectivity index (χ0v) is 15.0. The highest BCUT2D eigenvalue weighted by Crippen LogP contribution is 2.32. The molecule has 0 amide bonds. The van der Waals surface area contributed by atoms with Crippen molar-refractivity contribution in [3.63, 3.8) is 0 Å². The van der Waals surface area contributed by atoms with Crippen molar-refractivity contribution in [3.05, 3.63) is 47.0 Å². The predicted octanol–water partition coefficient (Wildman–Crippen LogP) is 2.32. The van der Waals surface area contributed by atoms with E-state index < -0.39 is 15.6 Å². The van der Waals surface area contributed by atoms with Gasteiger partial charge in [-0.25, -0.2) is 13.4 Å². The third-order valence-corrected chi connectivity index (χ3v) is 6.15. The topological polar surface area (TPSA) is 84.1 Å². The van der Waals surface area contributed by atoms with Crippen molar-refractivity contribution in [1.29, 1.82) is 0 Å². The molecule has 6 nitrogen and oxygen atoms in total. The SMILES string of the molecule is Cc1cnc(C2(NS(=O)(=O)c3ccc(C)c(C)c3)CCOCC2)[nH]1. The summed E-state index contributed by atoms with van der Waals surface area (Å²) in [5, 5.41) is 0. The fourth-order valence-electron chi connectivity index (χ4n) is 2.96. The molecule has 0 bridgehead atoms. The fraction of sp³-hybridized carbons (Fsp3) is 0.471. The van der Waals surface area contributed by atoms with Crippen molar-refractivity contribution in [2.45, 2.75) is 44.0 Å². The van der Waals surface area contributed by atoms with Crippen LogP contribution >= 0.6 is 0 Å². The minimum absolute atomic E-state index is 0.278. The number of nitrogens with zero attached hydrogens (tertiary/aromatic N) is 1. The summed E-state index contributed by atoms with van der Waals surface area (Å²) >= 11 is 0. The first-order valence-electron chi connectivity index (χ1n) is 8.03. The Hall–Kier alpha value is -1.70. The highest BCUT2D eigenvalue weighted by atomic mass is 32.2. The van der Waals surface area contributed by atoms with Gasteiger partial charge < -0.3 is 9.72 Å². The van der Waals surface area contributed by atoms with Crippen LogP contribution in [-0.4, -0.2) is 31.6 Å². The zero-order valence-electron chi connectivity index (χ0n) is 14.2. The largest absolute Gasteiger partial charge is 0.381 e. The molecule has 7 heteroatoms. The summed E-state index contributed by atoms with van der Waals surface area (Å²) in [6.07, 6.45) is 2.81. The first kappa shape index (κ1) is 17.1. The van der Waals surface area contributed by atoms with Crippen LogP contribution in [-0.2, 0) is 20.3 Å². The Balaban J connectivity index is 1.98. The third-order valence-electron chi connectivity index (χ3n) is 4.62. The van der Waals surface area contributed by atoms with Gasteiger partial charge in [0.2, 0.25) is 10.0 Å². The Morgan fingerprint density at radius 1 is 1.17 bits per heavy atom. The smallest absolute Gasteiger partial charge is 0.241 e. The standard InChI is InChI=1S/C17H23N3O3S/c1-12-4-5-15(10-13(12)2)24(21,22)20-17(6-8-23-9-7-17)16-18-11-14(3)19-16/h4-5,10-11,20H,6-9H2,1-3H3,(H,18,19). The molecule has 0 spiro atoms. The van der Waals surface area contributed by atoms with Crippen LogP contribution in [0.1, 0.15) is 35.5 Å². The van der Waals surface area contributed by atoms with Gasteiger partial charge in [0.1, 0.15) is 5.82 Å². The van der Waals surface area contributed by atoms with Gasteiger partial charge in [-0.15, -0.1) is 0 Å². The highest BCUT2D eigenvalue weighted by molar-refractivity contribution is 7.89. The Labute approximate surface area is 142 Å². The second-order valence-corrected chi connectivity index (χ2v) is 8.14. The molecule has 24 heavy (non-hydrogen) atoms. The molecule has 1 saturated heterocycles. The van der Waals surface area contributed by atoms with E-state index in [1.807, 2.05) is 26.8 Å². The van der Waals surface area contributed by atoms with Crippen LogP contribution in [0.25, 0.3) is 0 Å². The number of hydrogen-bond donors (Lipinski definition) is 2. The number of nitrogens with one attached hydrogen (secondary N) is 2. The van der Waals surface area contributed by atoms with Crippen LogP contribution in [0, 0.1) is 20.8 Å². The number of aromatic amines is 1. The van der Waals surface area contributed by atoms with Crippen LogP contribution in [0.4, 0.5) is 0 Å². The number of rotatable bonds is 4. The van der Waals surface area contributed by atoms with Gasteiger partial charge in [-0.3, -0.25) is 0 Å². The summed E-state index contributed by atoms with van der Waals surface area (Å²) < 4.78 is 34.2. The van der Waals surface area contributed by atoms with E-state index in [1.165, 1.54) is 0 Å². The quantitative estimate of drug-likeness (QED) is 0.887. The molecule has 0 saturated carbocycles. The first-order valence-corrected chi connectivity index (χ1v) is 9.52. The molecule has 2 N–H and O–H groups in total. The number of H-pyrrole nitrogens is 1. The van der Waals surface area contributed by atoms with Crippen molar-refractivity contribution >= 4 is 10.0 Å². The average Bonchev–Trinajstić information content (AvgIpc) is 2.97. The molecule has 1 aliphatic heterocycles. The predicted molar refractivity (Wildman–Crippen MR) is 91.3 cm³/mol. The molecule has 1 aliphatic rings. The van der Waals surface area contributed by atoms with Gasteiger partial charge in [-0.1, -0.05) is 6.07 Å². The van der Waals surface area contributed by atoms with E-state index in [1.54, 1.807) is 18.3 Å². The number of sulfonamides is 1. The summed E-state index contributed by atoms with van der Waals surface area (Å²) in [5.74, 6) is 0.649. The van der Waals surface area contributed by atoms with E-state index in [0.29, 0.717) is 31.9 Å². The summed E-state index contributed by atoms with van der Waals surface area (Å²) in [6.45, 7) is 6.77. The number of ether oxygens (including phenoxy) is 1. The number of hydrogen-bond acceptors (Lipinski definition) is 4. The molecule has 3 rings (SSSR count). The van der Waals surface area contributed by atoms with E-state index >= 15 is 0 Å². The average molecular weight is 349 g/mol. The van der Waals surface area contributed by atoms with Gasteiger partial charge >= 0.3 is 0 Å². The zero-order chi connectivity index (χ0) is 17.4. The Kier molecular flexibility index (Phi) is 4.50. The lowest BCUT2D eigenvalue weighted by Crippen LogP contribution is -2.50. The summed E-state index contributed by atoms with van der Waals surface area (Å²) in [4.78, 5) is 7.85. The Morgan fingerprint density at radius 3 is 2.46 bits per heavy atom. The molecular weight excluding hydrogens is 326 g/mol. The molecule has 2 heterocycles. The molecule has 1 aromatic carbocycles. The molecule has 1 fully saturated rings. The van der Waals surface area contributed by atoms with Crippen LogP contribution < -0.4 is 4.72 Å². The number of aryl methyl sites for hydroxylation is 3. The second kappa shape index (κ2) is 6.31. The third kappa shape index (κ3) is 3.24.